The van der Waals surface area contributed by atoms with Gasteiger partial charge in [0.25, 0.3) is 0 Å². The molecule has 1 amide bonds. The highest BCUT2D eigenvalue weighted by atomic mass is 16.5. The zero-order valence-corrected chi connectivity index (χ0v) is 11.8. The lowest BCUT2D eigenvalue weighted by Crippen LogP contribution is -2.48. The van der Waals surface area contributed by atoms with Gasteiger partial charge in [0.15, 0.2) is 0 Å². The monoisotopic (exact) mass is 275 g/mol. The lowest BCUT2D eigenvalue weighted by Gasteiger charge is -2.33. The van der Waals surface area contributed by atoms with Gasteiger partial charge in [0, 0.05) is 38.1 Å². The van der Waals surface area contributed by atoms with Crippen molar-refractivity contribution >= 4 is 17.3 Å². The summed E-state index contributed by atoms with van der Waals surface area (Å²) >= 11 is 0. The number of hydrogen-bond acceptors (Lipinski definition) is 4. The smallest absolute Gasteiger partial charge is 0.242 e. The molecule has 0 bridgehead atoms. The van der Waals surface area contributed by atoms with Crippen LogP contribution in [-0.2, 0) is 16.0 Å². The predicted molar refractivity (Wildman–Crippen MR) is 79.1 cm³/mol. The highest BCUT2D eigenvalue weighted by Gasteiger charge is 2.31. The van der Waals surface area contributed by atoms with E-state index in [0.29, 0.717) is 0 Å². The Morgan fingerprint density at radius 2 is 2.25 bits per heavy atom. The van der Waals surface area contributed by atoms with Crippen molar-refractivity contribution in [3.05, 3.63) is 23.8 Å². The second-order valence-electron chi connectivity index (χ2n) is 5.33. The first kappa shape index (κ1) is 13.4. The summed E-state index contributed by atoms with van der Waals surface area (Å²) in [7, 11) is 1.88. The number of nitrogens with one attached hydrogen (secondary N) is 2. The summed E-state index contributed by atoms with van der Waals surface area (Å²) in [6.07, 6.45) is 1.78. The SMILES string of the molecule is CNc1ccc2c(c1)NC(=O)C(N1CCCOCC1)C2. The molecule has 5 nitrogen and oxygen atoms in total. The summed E-state index contributed by atoms with van der Waals surface area (Å²) < 4.78 is 5.47. The van der Waals surface area contributed by atoms with Crippen LogP contribution in [0.1, 0.15) is 12.0 Å². The Bertz CT molecular complexity index is 496. The lowest BCUT2D eigenvalue weighted by atomic mass is 9.97. The summed E-state index contributed by atoms with van der Waals surface area (Å²) in [5.74, 6) is 0.104. The molecule has 20 heavy (non-hydrogen) atoms. The van der Waals surface area contributed by atoms with Crippen molar-refractivity contribution in [3.8, 4) is 0 Å². The van der Waals surface area contributed by atoms with Crippen LogP contribution in [0.3, 0.4) is 0 Å². The highest BCUT2D eigenvalue weighted by Crippen LogP contribution is 2.28. The number of hydrogen-bond donors (Lipinski definition) is 2. The molecule has 1 aromatic carbocycles. The van der Waals surface area contributed by atoms with Crippen LogP contribution in [0.2, 0.25) is 0 Å². The fourth-order valence-corrected chi connectivity index (χ4v) is 2.92. The summed E-state index contributed by atoms with van der Waals surface area (Å²) in [5.41, 5.74) is 3.16. The number of amides is 1. The second-order valence-corrected chi connectivity index (χ2v) is 5.33. The summed E-state index contributed by atoms with van der Waals surface area (Å²) in [6.45, 7) is 3.28. The third kappa shape index (κ3) is 2.64. The molecule has 1 aromatic rings. The number of anilines is 2. The Morgan fingerprint density at radius 1 is 1.35 bits per heavy atom. The first-order valence-electron chi connectivity index (χ1n) is 7.21. The molecule has 1 fully saturated rings. The summed E-state index contributed by atoms with van der Waals surface area (Å²) in [5, 5.41) is 6.14. The molecule has 0 saturated carbocycles. The molecule has 3 rings (SSSR count). The molecule has 0 spiro atoms. The molecular weight excluding hydrogens is 254 g/mol. The third-order valence-corrected chi connectivity index (χ3v) is 4.07. The van der Waals surface area contributed by atoms with Crippen molar-refractivity contribution in [2.24, 2.45) is 0 Å². The zero-order valence-electron chi connectivity index (χ0n) is 11.8. The lowest BCUT2D eigenvalue weighted by molar-refractivity contribution is -0.121. The Morgan fingerprint density at radius 3 is 3.10 bits per heavy atom. The number of carbonyl (C=O) groups is 1. The van der Waals surface area contributed by atoms with Gasteiger partial charge in [0.05, 0.1) is 12.6 Å². The van der Waals surface area contributed by atoms with Crippen LogP contribution in [-0.4, -0.2) is 50.2 Å². The molecule has 2 aliphatic rings. The fraction of sp³-hybridized carbons (Fsp3) is 0.533. The number of benzene rings is 1. The highest BCUT2D eigenvalue weighted by molar-refractivity contribution is 5.98. The van der Waals surface area contributed by atoms with Crippen LogP contribution in [0.15, 0.2) is 18.2 Å². The van der Waals surface area contributed by atoms with E-state index in [2.05, 4.69) is 27.7 Å². The zero-order chi connectivity index (χ0) is 13.9. The van der Waals surface area contributed by atoms with Crippen LogP contribution < -0.4 is 10.6 Å². The molecule has 5 heteroatoms. The molecular formula is C15H21N3O2. The maximum Gasteiger partial charge on any atom is 0.242 e. The average Bonchev–Trinajstić information content (AvgIpc) is 2.75. The molecule has 2 heterocycles. The summed E-state index contributed by atoms with van der Waals surface area (Å²) in [6, 6.07) is 6.08. The maximum absolute atomic E-state index is 12.4. The molecule has 1 unspecified atom stereocenters. The molecule has 0 radical (unpaired) electrons. The number of ether oxygens (including phenoxy) is 1. The standard InChI is InChI=1S/C15H21N3O2/c1-16-12-4-3-11-9-14(15(19)17-13(11)10-12)18-5-2-7-20-8-6-18/h3-4,10,14,16H,2,5-9H2,1H3,(H,17,19). The van der Waals surface area contributed by atoms with Gasteiger partial charge in [-0.25, -0.2) is 0 Å². The maximum atomic E-state index is 12.4. The van der Waals surface area contributed by atoms with Gasteiger partial charge in [-0.2, -0.15) is 0 Å². The Hall–Kier alpha value is -1.59. The van der Waals surface area contributed by atoms with Gasteiger partial charge in [0.1, 0.15) is 0 Å². The van der Waals surface area contributed by atoms with Gasteiger partial charge in [-0.1, -0.05) is 6.07 Å². The van der Waals surface area contributed by atoms with E-state index in [0.717, 1.165) is 50.5 Å². The predicted octanol–water partition coefficient (Wildman–Crippen LogP) is 1.31. The van der Waals surface area contributed by atoms with E-state index in [1.54, 1.807) is 0 Å². The van der Waals surface area contributed by atoms with Gasteiger partial charge in [0.2, 0.25) is 5.91 Å². The van der Waals surface area contributed by atoms with E-state index >= 15 is 0 Å². The fourth-order valence-electron chi connectivity index (χ4n) is 2.92. The first-order valence-corrected chi connectivity index (χ1v) is 7.21. The Kier molecular flexibility index (Phi) is 3.89. The van der Waals surface area contributed by atoms with Crippen molar-refractivity contribution in [1.29, 1.82) is 0 Å². The quantitative estimate of drug-likeness (QED) is 0.854. The molecule has 108 valence electrons. The van der Waals surface area contributed by atoms with E-state index < -0.39 is 0 Å². The number of fused-ring (bicyclic) bond motifs is 1. The summed E-state index contributed by atoms with van der Waals surface area (Å²) in [4.78, 5) is 14.6. The minimum Gasteiger partial charge on any atom is -0.388 e. The van der Waals surface area contributed by atoms with E-state index in [4.69, 9.17) is 4.74 Å². The van der Waals surface area contributed by atoms with Crippen molar-refractivity contribution in [3.63, 3.8) is 0 Å². The topological polar surface area (TPSA) is 53.6 Å². The molecule has 2 N–H and O–H groups in total. The minimum absolute atomic E-state index is 0.0652. The van der Waals surface area contributed by atoms with Crippen LogP contribution in [0.5, 0.6) is 0 Å². The molecule has 1 atom stereocenters. The molecule has 2 aliphatic heterocycles. The van der Waals surface area contributed by atoms with Crippen LogP contribution in [0.25, 0.3) is 0 Å². The van der Waals surface area contributed by atoms with E-state index in [1.165, 1.54) is 5.56 Å². The number of rotatable bonds is 2. The second kappa shape index (κ2) is 5.81. The third-order valence-electron chi connectivity index (χ3n) is 4.07. The normalized spacial score (nSPS) is 23.6. The first-order chi connectivity index (χ1) is 9.78. The minimum atomic E-state index is -0.0652. The van der Waals surface area contributed by atoms with E-state index in [-0.39, 0.29) is 11.9 Å². The molecule has 1 saturated heterocycles. The number of carbonyl (C=O) groups excluding carboxylic acids is 1. The van der Waals surface area contributed by atoms with Gasteiger partial charge in [-0.05, 0) is 30.5 Å². The van der Waals surface area contributed by atoms with Crippen molar-refractivity contribution in [1.82, 2.24) is 4.90 Å². The van der Waals surface area contributed by atoms with Gasteiger partial charge >= 0.3 is 0 Å². The van der Waals surface area contributed by atoms with Gasteiger partial charge < -0.3 is 15.4 Å². The van der Waals surface area contributed by atoms with E-state index in [9.17, 15) is 4.79 Å². The Labute approximate surface area is 119 Å². The van der Waals surface area contributed by atoms with Crippen molar-refractivity contribution < 1.29 is 9.53 Å². The largest absolute Gasteiger partial charge is 0.388 e. The van der Waals surface area contributed by atoms with Crippen LogP contribution in [0, 0.1) is 0 Å². The molecule has 0 aliphatic carbocycles. The van der Waals surface area contributed by atoms with Crippen LogP contribution in [0.4, 0.5) is 11.4 Å². The number of nitrogens with zero attached hydrogens (tertiary/aromatic N) is 1. The Balaban J connectivity index is 1.79. The van der Waals surface area contributed by atoms with Crippen LogP contribution >= 0.6 is 0 Å². The van der Waals surface area contributed by atoms with Gasteiger partial charge in [-0.3, -0.25) is 9.69 Å². The average molecular weight is 275 g/mol. The van der Waals surface area contributed by atoms with Gasteiger partial charge in [-0.15, -0.1) is 0 Å². The molecule has 0 aromatic heterocycles. The van der Waals surface area contributed by atoms with Crippen molar-refractivity contribution in [2.45, 2.75) is 18.9 Å². The van der Waals surface area contributed by atoms with Crippen molar-refractivity contribution in [2.75, 3.05) is 44.0 Å². The van der Waals surface area contributed by atoms with E-state index in [1.807, 2.05) is 13.1 Å².